The summed E-state index contributed by atoms with van der Waals surface area (Å²) in [5.41, 5.74) is 4.60. The molecule has 2 heterocycles. The van der Waals surface area contributed by atoms with Crippen LogP contribution in [0.1, 0.15) is 29.3 Å². The van der Waals surface area contributed by atoms with Crippen LogP contribution in [0.4, 0.5) is 0 Å². The molecule has 0 aliphatic rings. The lowest BCUT2D eigenvalue weighted by molar-refractivity contribution is 0.667. The van der Waals surface area contributed by atoms with Crippen LogP contribution >= 0.6 is 11.6 Å². The summed E-state index contributed by atoms with van der Waals surface area (Å²) in [6, 6.07) is 6.36. The van der Waals surface area contributed by atoms with Gasteiger partial charge in [0, 0.05) is 19.8 Å². The van der Waals surface area contributed by atoms with E-state index in [4.69, 9.17) is 16.6 Å². The summed E-state index contributed by atoms with van der Waals surface area (Å²) >= 11 is 6.31. The average molecular weight is 303 g/mol. The molecule has 4 nitrogen and oxygen atoms in total. The Balaban J connectivity index is 1.97. The molecule has 1 unspecified atom stereocenters. The van der Waals surface area contributed by atoms with Gasteiger partial charge in [-0.15, -0.1) is 11.6 Å². The van der Waals surface area contributed by atoms with Gasteiger partial charge in [-0.05, 0) is 43.5 Å². The van der Waals surface area contributed by atoms with E-state index < -0.39 is 0 Å². The van der Waals surface area contributed by atoms with Crippen molar-refractivity contribution in [2.75, 3.05) is 0 Å². The molecule has 3 rings (SSSR count). The van der Waals surface area contributed by atoms with Crippen LogP contribution in [0.3, 0.4) is 0 Å². The first-order chi connectivity index (χ1) is 10.0. The molecule has 0 bridgehead atoms. The zero-order valence-electron chi connectivity index (χ0n) is 12.5. The number of aromatic nitrogens is 4. The number of fused-ring (bicyclic) bond motifs is 1. The minimum atomic E-state index is -0.105. The first kappa shape index (κ1) is 14.1. The molecule has 1 atom stereocenters. The molecule has 110 valence electrons. The van der Waals surface area contributed by atoms with Crippen molar-refractivity contribution >= 4 is 22.6 Å². The predicted molar refractivity (Wildman–Crippen MR) is 85.7 cm³/mol. The van der Waals surface area contributed by atoms with E-state index in [-0.39, 0.29) is 5.38 Å². The van der Waals surface area contributed by atoms with Crippen molar-refractivity contribution in [1.82, 2.24) is 19.3 Å². The number of hydrogen-bond acceptors (Lipinski definition) is 2. The maximum atomic E-state index is 6.31. The quantitative estimate of drug-likeness (QED) is 0.690. The highest BCUT2D eigenvalue weighted by atomic mass is 35.5. The third-order valence-electron chi connectivity index (χ3n) is 3.67. The molecular formula is C16H19ClN4. The van der Waals surface area contributed by atoms with E-state index in [9.17, 15) is 0 Å². The van der Waals surface area contributed by atoms with E-state index in [1.807, 2.05) is 31.0 Å². The van der Waals surface area contributed by atoms with Crippen molar-refractivity contribution < 1.29 is 0 Å². The number of halogens is 1. The van der Waals surface area contributed by atoms with Gasteiger partial charge in [0.25, 0.3) is 0 Å². The van der Waals surface area contributed by atoms with Gasteiger partial charge in [0.15, 0.2) is 0 Å². The van der Waals surface area contributed by atoms with Gasteiger partial charge >= 0.3 is 0 Å². The van der Waals surface area contributed by atoms with E-state index >= 15 is 0 Å². The second-order valence-electron chi connectivity index (χ2n) is 5.50. The lowest BCUT2D eigenvalue weighted by Gasteiger charge is -2.09. The molecule has 0 fully saturated rings. The third-order valence-corrected chi connectivity index (χ3v) is 3.87. The molecule has 0 radical (unpaired) electrons. The minimum Gasteiger partial charge on any atom is -0.326 e. The topological polar surface area (TPSA) is 35.6 Å². The van der Waals surface area contributed by atoms with Crippen LogP contribution in [-0.4, -0.2) is 19.3 Å². The van der Waals surface area contributed by atoms with Gasteiger partial charge in [-0.1, -0.05) is 6.07 Å². The molecule has 3 aromatic rings. The van der Waals surface area contributed by atoms with Crippen molar-refractivity contribution in [3.8, 4) is 0 Å². The molecule has 21 heavy (non-hydrogen) atoms. The van der Waals surface area contributed by atoms with Crippen molar-refractivity contribution in [3.63, 3.8) is 0 Å². The molecule has 0 N–H and O–H groups in total. The highest BCUT2D eigenvalue weighted by Crippen LogP contribution is 2.25. The number of nitrogens with zero attached hydrogens (tertiary/aromatic N) is 4. The maximum Gasteiger partial charge on any atom is 0.127 e. The number of alkyl halides is 1. The Morgan fingerprint density at radius 3 is 2.81 bits per heavy atom. The summed E-state index contributed by atoms with van der Waals surface area (Å²) in [6.07, 6.45) is 4.88. The Bertz CT molecular complexity index is 770. The fraction of sp³-hybridized carbons (Fsp3) is 0.375. The van der Waals surface area contributed by atoms with Gasteiger partial charge in [-0.3, -0.25) is 4.68 Å². The zero-order valence-corrected chi connectivity index (χ0v) is 13.3. The molecule has 2 aromatic heterocycles. The fourth-order valence-corrected chi connectivity index (χ4v) is 2.81. The Kier molecular flexibility index (Phi) is 3.72. The van der Waals surface area contributed by atoms with Crippen LogP contribution in [0, 0.1) is 6.92 Å². The molecule has 1 aromatic carbocycles. The van der Waals surface area contributed by atoms with E-state index in [0.717, 1.165) is 29.8 Å². The largest absolute Gasteiger partial charge is 0.326 e. The molecule has 0 amide bonds. The highest BCUT2D eigenvalue weighted by molar-refractivity contribution is 6.20. The van der Waals surface area contributed by atoms with E-state index in [2.05, 4.69) is 34.8 Å². The smallest absolute Gasteiger partial charge is 0.127 e. The Morgan fingerprint density at radius 1 is 1.33 bits per heavy atom. The normalized spacial score (nSPS) is 13.0. The monoisotopic (exact) mass is 302 g/mol. The predicted octanol–water partition coefficient (Wildman–Crippen LogP) is 3.62. The van der Waals surface area contributed by atoms with E-state index in [0.29, 0.717) is 0 Å². The van der Waals surface area contributed by atoms with Crippen LogP contribution in [0.25, 0.3) is 11.0 Å². The maximum absolute atomic E-state index is 6.31. The number of rotatable bonds is 4. The second-order valence-corrected chi connectivity index (χ2v) is 6.16. The standard InChI is InChI=1S/C16H19ClN4/c1-11-4-5-15-14(8-11)19-16(12(2)17)21(15)7-6-13-9-18-20(3)10-13/h4-5,8-10,12H,6-7H2,1-3H3. The molecule has 0 saturated heterocycles. The van der Waals surface area contributed by atoms with Crippen molar-refractivity contribution in [2.24, 2.45) is 7.05 Å². The van der Waals surface area contributed by atoms with Crippen LogP contribution in [0.2, 0.25) is 0 Å². The van der Waals surface area contributed by atoms with Gasteiger partial charge in [0.05, 0.1) is 22.6 Å². The van der Waals surface area contributed by atoms with Crippen molar-refractivity contribution in [3.05, 3.63) is 47.5 Å². The van der Waals surface area contributed by atoms with Gasteiger partial charge in [-0.25, -0.2) is 4.98 Å². The molecule has 0 aliphatic heterocycles. The van der Waals surface area contributed by atoms with E-state index in [1.54, 1.807) is 0 Å². The first-order valence-electron chi connectivity index (χ1n) is 7.13. The molecule has 5 heteroatoms. The van der Waals surface area contributed by atoms with Crippen LogP contribution in [0.15, 0.2) is 30.6 Å². The lowest BCUT2D eigenvalue weighted by atomic mass is 10.2. The Labute approximate surface area is 129 Å². The summed E-state index contributed by atoms with van der Waals surface area (Å²) < 4.78 is 4.05. The van der Waals surface area contributed by atoms with Crippen LogP contribution < -0.4 is 0 Å². The number of imidazole rings is 1. The van der Waals surface area contributed by atoms with Crippen molar-refractivity contribution in [1.29, 1.82) is 0 Å². The summed E-state index contributed by atoms with van der Waals surface area (Å²) in [5.74, 6) is 0.932. The van der Waals surface area contributed by atoms with Crippen LogP contribution in [-0.2, 0) is 20.0 Å². The van der Waals surface area contributed by atoms with Crippen molar-refractivity contribution in [2.45, 2.75) is 32.2 Å². The summed E-state index contributed by atoms with van der Waals surface area (Å²) in [5, 5.41) is 4.11. The summed E-state index contributed by atoms with van der Waals surface area (Å²) in [4.78, 5) is 4.70. The number of benzene rings is 1. The van der Waals surface area contributed by atoms with Gasteiger partial charge in [0.2, 0.25) is 0 Å². The number of aryl methyl sites for hydroxylation is 4. The highest BCUT2D eigenvalue weighted by Gasteiger charge is 2.15. The summed E-state index contributed by atoms with van der Waals surface area (Å²) in [7, 11) is 1.94. The first-order valence-corrected chi connectivity index (χ1v) is 7.56. The third kappa shape index (κ3) is 2.81. The SMILES string of the molecule is Cc1ccc2c(c1)nc(C(C)Cl)n2CCc1cnn(C)c1. The lowest BCUT2D eigenvalue weighted by Crippen LogP contribution is -2.06. The fourth-order valence-electron chi connectivity index (χ4n) is 2.64. The number of hydrogen-bond donors (Lipinski definition) is 0. The van der Waals surface area contributed by atoms with E-state index in [1.165, 1.54) is 11.1 Å². The Morgan fingerprint density at radius 2 is 2.14 bits per heavy atom. The Hall–Kier alpha value is -1.81. The van der Waals surface area contributed by atoms with Crippen LogP contribution in [0.5, 0.6) is 0 Å². The minimum absolute atomic E-state index is 0.105. The zero-order chi connectivity index (χ0) is 15.0. The molecule has 0 saturated carbocycles. The molecule has 0 aliphatic carbocycles. The van der Waals surface area contributed by atoms with Gasteiger partial charge in [0.1, 0.15) is 5.82 Å². The van der Waals surface area contributed by atoms with Gasteiger partial charge in [-0.2, -0.15) is 5.10 Å². The second kappa shape index (κ2) is 5.53. The molecular weight excluding hydrogens is 284 g/mol. The van der Waals surface area contributed by atoms with Gasteiger partial charge < -0.3 is 4.57 Å². The summed E-state index contributed by atoms with van der Waals surface area (Å²) in [6.45, 7) is 4.91. The average Bonchev–Trinajstić information content (AvgIpc) is 2.99. The molecule has 0 spiro atoms.